The van der Waals surface area contributed by atoms with Crippen molar-refractivity contribution in [3.8, 4) is 0 Å². The largest absolute Gasteiger partial charge is 0.336 e. The number of anilines is 1. The molecule has 1 fully saturated rings. The monoisotopic (exact) mass is 353 g/mol. The molecule has 0 radical (unpaired) electrons. The van der Waals surface area contributed by atoms with Crippen LogP contribution in [0.4, 0.5) is 5.69 Å². The zero-order valence-electron chi connectivity index (χ0n) is 14.5. The van der Waals surface area contributed by atoms with Crippen LogP contribution >= 0.6 is 12.4 Å². The van der Waals surface area contributed by atoms with Crippen LogP contribution in [-0.4, -0.2) is 35.3 Å². The number of hydrogen-bond donors (Lipinski definition) is 2. The Hall–Kier alpha value is -1.59. The minimum Gasteiger partial charge on any atom is -0.336 e. The van der Waals surface area contributed by atoms with Crippen LogP contribution < -0.4 is 11.1 Å². The van der Waals surface area contributed by atoms with Gasteiger partial charge in [0.1, 0.15) is 0 Å². The van der Waals surface area contributed by atoms with Crippen molar-refractivity contribution in [2.75, 3.05) is 11.9 Å². The lowest BCUT2D eigenvalue weighted by molar-refractivity contribution is -0.117. The predicted molar refractivity (Wildman–Crippen MR) is 99.6 cm³/mol. The van der Waals surface area contributed by atoms with Crippen LogP contribution in [0, 0.1) is 0 Å². The minimum atomic E-state index is -0.490. The van der Waals surface area contributed by atoms with E-state index in [9.17, 15) is 9.59 Å². The van der Waals surface area contributed by atoms with Crippen LogP contribution in [0.5, 0.6) is 0 Å². The standard InChI is InChI=1S/C18H27N3O2.ClH/c1-3-6-16(19)17(22)20-15-10-8-14(9-11-15)18(23)21-12-5-4-7-13(21)2;/h8-11,13,16H,3-7,12,19H2,1-2H3,(H,20,22);1H. The molecule has 2 unspecified atom stereocenters. The van der Waals surface area contributed by atoms with E-state index in [1.54, 1.807) is 24.3 Å². The van der Waals surface area contributed by atoms with Crippen molar-refractivity contribution >= 4 is 29.9 Å². The summed E-state index contributed by atoms with van der Waals surface area (Å²) >= 11 is 0. The van der Waals surface area contributed by atoms with Gasteiger partial charge in [0.15, 0.2) is 0 Å². The van der Waals surface area contributed by atoms with Gasteiger partial charge in [-0.2, -0.15) is 0 Å². The molecule has 0 aromatic heterocycles. The van der Waals surface area contributed by atoms with E-state index < -0.39 is 6.04 Å². The fraction of sp³-hybridized carbons (Fsp3) is 0.556. The number of carbonyl (C=O) groups excluding carboxylic acids is 2. The summed E-state index contributed by atoms with van der Waals surface area (Å²) in [5, 5.41) is 2.79. The van der Waals surface area contributed by atoms with Crippen LogP contribution in [0.2, 0.25) is 0 Å². The lowest BCUT2D eigenvalue weighted by Gasteiger charge is -2.33. The predicted octanol–water partition coefficient (Wildman–Crippen LogP) is 3.19. The molecule has 1 aliphatic heterocycles. The van der Waals surface area contributed by atoms with E-state index in [0.29, 0.717) is 23.7 Å². The summed E-state index contributed by atoms with van der Waals surface area (Å²) in [6.07, 6.45) is 4.86. The molecule has 0 aliphatic carbocycles. The first-order chi connectivity index (χ1) is 11.0. The second kappa shape index (κ2) is 9.64. The molecule has 1 heterocycles. The number of nitrogens with two attached hydrogens (primary N) is 1. The third-order valence-corrected chi connectivity index (χ3v) is 4.40. The topological polar surface area (TPSA) is 75.4 Å². The van der Waals surface area contributed by atoms with Gasteiger partial charge in [-0.1, -0.05) is 13.3 Å². The highest BCUT2D eigenvalue weighted by atomic mass is 35.5. The van der Waals surface area contributed by atoms with E-state index in [0.717, 1.165) is 25.8 Å². The molecule has 1 saturated heterocycles. The SMILES string of the molecule is CCCC(N)C(=O)Nc1ccc(C(=O)N2CCCCC2C)cc1.Cl. The number of amides is 2. The molecule has 0 bridgehead atoms. The van der Waals surface area contributed by atoms with Gasteiger partial charge in [-0.3, -0.25) is 9.59 Å². The number of nitrogens with one attached hydrogen (secondary N) is 1. The van der Waals surface area contributed by atoms with Gasteiger partial charge in [-0.25, -0.2) is 0 Å². The Morgan fingerprint density at radius 1 is 1.29 bits per heavy atom. The molecule has 0 saturated carbocycles. The van der Waals surface area contributed by atoms with Crippen LogP contribution in [-0.2, 0) is 4.79 Å². The Labute approximate surface area is 150 Å². The molecule has 2 atom stereocenters. The number of likely N-dealkylation sites (tertiary alicyclic amines) is 1. The number of carbonyl (C=O) groups is 2. The van der Waals surface area contributed by atoms with Gasteiger partial charge in [-0.15, -0.1) is 12.4 Å². The highest BCUT2D eigenvalue weighted by molar-refractivity contribution is 5.97. The van der Waals surface area contributed by atoms with E-state index in [4.69, 9.17) is 5.73 Å². The molecule has 1 aliphatic rings. The first-order valence-electron chi connectivity index (χ1n) is 8.50. The van der Waals surface area contributed by atoms with E-state index in [1.165, 1.54) is 6.42 Å². The second-order valence-electron chi connectivity index (χ2n) is 6.31. The van der Waals surface area contributed by atoms with E-state index >= 15 is 0 Å². The van der Waals surface area contributed by atoms with Gasteiger partial charge in [0, 0.05) is 23.8 Å². The Morgan fingerprint density at radius 2 is 1.96 bits per heavy atom. The summed E-state index contributed by atoms with van der Waals surface area (Å²) < 4.78 is 0. The molecule has 24 heavy (non-hydrogen) atoms. The fourth-order valence-electron chi connectivity index (χ4n) is 2.94. The Morgan fingerprint density at radius 3 is 2.54 bits per heavy atom. The molecule has 5 nitrogen and oxygen atoms in total. The fourth-order valence-corrected chi connectivity index (χ4v) is 2.94. The second-order valence-corrected chi connectivity index (χ2v) is 6.31. The maximum atomic E-state index is 12.6. The highest BCUT2D eigenvalue weighted by Gasteiger charge is 2.24. The van der Waals surface area contributed by atoms with Gasteiger partial charge in [0.05, 0.1) is 6.04 Å². The van der Waals surface area contributed by atoms with E-state index in [1.807, 2.05) is 11.8 Å². The average molecular weight is 354 g/mol. The molecular weight excluding hydrogens is 326 g/mol. The number of rotatable bonds is 5. The maximum absolute atomic E-state index is 12.6. The number of halogens is 1. The van der Waals surface area contributed by atoms with Crippen molar-refractivity contribution in [1.82, 2.24) is 4.90 Å². The van der Waals surface area contributed by atoms with Crippen molar-refractivity contribution in [1.29, 1.82) is 0 Å². The van der Waals surface area contributed by atoms with Crippen molar-refractivity contribution < 1.29 is 9.59 Å². The highest BCUT2D eigenvalue weighted by Crippen LogP contribution is 2.20. The molecule has 1 aromatic carbocycles. The summed E-state index contributed by atoms with van der Waals surface area (Å²) in [6, 6.07) is 6.87. The summed E-state index contributed by atoms with van der Waals surface area (Å²) in [4.78, 5) is 26.4. The summed E-state index contributed by atoms with van der Waals surface area (Å²) in [5.41, 5.74) is 7.13. The molecule has 6 heteroatoms. The molecule has 0 spiro atoms. The molecule has 2 rings (SSSR count). The van der Waals surface area contributed by atoms with Gasteiger partial charge >= 0.3 is 0 Å². The van der Waals surface area contributed by atoms with Crippen LogP contribution in [0.1, 0.15) is 56.3 Å². The maximum Gasteiger partial charge on any atom is 0.254 e. The Bertz CT molecular complexity index is 548. The van der Waals surface area contributed by atoms with Crippen LogP contribution in [0.15, 0.2) is 24.3 Å². The van der Waals surface area contributed by atoms with Crippen LogP contribution in [0.3, 0.4) is 0 Å². The first-order valence-corrected chi connectivity index (χ1v) is 8.50. The van der Waals surface area contributed by atoms with Crippen molar-refractivity contribution in [2.24, 2.45) is 5.73 Å². The minimum absolute atomic E-state index is 0. The van der Waals surface area contributed by atoms with Gasteiger partial charge in [0.25, 0.3) is 5.91 Å². The Balaban J connectivity index is 0.00000288. The van der Waals surface area contributed by atoms with E-state index in [2.05, 4.69) is 12.2 Å². The first kappa shape index (κ1) is 20.5. The van der Waals surface area contributed by atoms with Crippen molar-refractivity contribution in [3.63, 3.8) is 0 Å². The van der Waals surface area contributed by atoms with Crippen molar-refractivity contribution in [2.45, 2.75) is 58.0 Å². The van der Waals surface area contributed by atoms with Crippen molar-refractivity contribution in [3.05, 3.63) is 29.8 Å². The molecular formula is C18H28ClN3O2. The summed E-state index contributed by atoms with van der Waals surface area (Å²) in [5.74, 6) is -0.117. The number of piperidine rings is 1. The average Bonchev–Trinajstić information content (AvgIpc) is 2.55. The van der Waals surface area contributed by atoms with Gasteiger partial charge in [0.2, 0.25) is 5.91 Å². The molecule has 3 N–H and O–H groups in total. The number of nitrogens with zero attached hydrogens (tertiary/aromatic N) is 1. The zero-order chi connectivity index (χ0) is 16.8. The quantitative estimate of drug-likeness (QED) is 0.853. The third-order valence-electron chi connectivity index (χ3n) is 4.40. The van der Waals surface area contributed by atoms with E-state index in [-0.39, 0.29) is 24.2 Å². The lowest BCUT2D eigenvalue weighted by atomic mass is 10.0. The normalized spacial score (nSPS) is 18.5. The third kappa shape index (κ3) is 5.21. The zero-order valence-corrected chi connectivity index (χ0v) is 15.3. The number of benzene rings is 1. The summed E-state index contributed by atoms with van der Waals surface area (Å²) in [7, 11) is 0. The van der Waals surface area contributed by atoms with Gasteiger partial charge < -0.3 is 16.0 Å². The van der Waals surface area contributed by atoms with Crippen LogP contribution in [0.25, 0.3) is 0 Å². The summed E-state index contributed by atoms with van der Waals surface area (Å²) in [6.45, 7) is 4.92. The smallest absolute Gasteiger partial charge is 0.254 e. The molecule has 2 amide bonds. The number of hydrogen-bond acceptors (Lipinski definition) is 3. The Kier molecular flexibility index (Phi) is 8.22. The lowest BCUT2D eigenvalue weighted by Crippen LogP contribution is -2.42. The molecule has 1 aromatic rings. The molecule has 134 valence electrons. The van der Waals surface area contributed by atoms with Gasteiger partial charge in [-0.05, 0) is 56.9 Å².